The van der Waals surface area contributed by atoms with Gasteiger partial charge in [-0.05, 0) is 13.3 Å². The molecule has 6 nitrogen and oxygen atoms in total. The van der Waals surface area contributed by atoms with E-state index in [0.29, 0.717) is 29.6 Å². The van der Waals surface area contributed by atoms with Crippen molar-refractivity contribution in [2.45, 2.75) is 13.3 Å². The zero-order chi connectivity index (χ0) is 13.5. The van der Waals surface area contributed by atoms with Crippen molar-refractivity contribution in [3.63, 3.8) is 0 Å². The van der Waals surface area contributed by atoms with E-state index in [4.69, 9.17) is 21.5 Å². The number of nitriles is 1. The molecule has 0 fully saturated rings. The predicted molar refractivity (Wildman–Crippen MR) is 71.6 cm³/mol. The lowest BCUT2D eigenvalue weighted by Crippen LogP contribution is -2.15. The van der Waals surface area contributed by atoms with Crippen molar-refractivity contribution >= 4 is 27.9 Å². The Bertz CT molecular complexity index is 464. The van der Waals surface area contributed by atoms with Crippen LogP contribution in [0.1, 0.15) is 28.6 Å². The van der Waals surface area contributed by atoms with Crippen LogP contribution in [0, 0.1) is 11.3 Å². The third-order valence-electron chi connectivity index (χ3n) is 2.25. The summed E-state index contributed by atoms with van der Waals surface area (Å²) in [6.07, 6.45) is 0.797. The zero-order valence-electron chi connectivity index (χ0n) is 10.2. The van der Waals surface area contributed by atoms with Gasteiger partial charge in [0.15, 0.2) is 0 Å². The van der Waals surface area contributed by atoms with Crippen LogP contribution in [0.4, 0.5) is 10.7 Å². The summed E-state index contributed by atoms with van der Waals surface area (Å²) in [5, 5.41) is 12.5. The van der Waals surface area contributed by atoms with Gasteiger partial charge in [0.05, 0.1) is 11.3 Å². The highest BCUT2D eigenvalue weighted by atomic mass is 32.1. The van der Waals surface area contributed by atoms with Crippen molar-refractivity contribution in [2.24, 2.45) is 5.73 Å². The van der Waals surface area contributed by atoms with Gasteiger partial charge in [-0.1, -0.05) is 0 Å². The molecule has 7 heteroatoms. The minimum atomic E-state index is -0.627. The van der Waals surface area contributed by atoms with Gasteiger partial charge in [-0.25, -0.2) is 0 Å². The molecule has 18 heavy (non-hydrogen) atoms. The van der Waals surface area contributed by atoms with Crippen LogP contribution in [-0.2, 0) is 4.74 Å². The first-order valence-electron chi connectivity index (χ1n) is 5.55. The number of thiophene rings is 1. The maximum absolute atomic E-state index is 11.3. The van der Waals surface area contributed by atoms with Crippen molar-refractivity contribution in [3.8, 4) is 6.07 Å². The molecule has 1 amide bonds. The number of ether oxygens (including phenoxy) is 1. The van der Waals surface area contributed by atoms with Crippen LogP contribution in [0.3, 0.4) is 0 Å². The fourth-order valence-electron chi connectivity index (χ4n) is 1.42. The van der Waals surface area contributed by atoms with Gasteiger partial charge in [-0.2, -0.15) is 5.26 Å². The zero-order valence-corrected chi connectivity index (χ0v) is 11.0. The average Bonchev–Trinajstić information content (AvgIpc) is 2.65. The summed E-state index contributed by atoms with van der Waals surface area (Å²) < 4.78 is 5.19. The fourth-order valence-corrected chi connectivity index (χ4v) is 2.37. The molecule has 0 saturated carbocycles. The third kappa shape index (κ3) is 3.35. The van der Waals surface area contributed by atoms with Gasteiger partial charge < -0.3 is 21.5 Å². The lowest BCUT2D eigenvalue weighted by atomic mass is 10.2. The molecule has 0 aliphatic heterocycles. The second kappa shape index (κ2) is 6.83. The highest BCUT2D eigenvalue weighted by Gasteiger charge is 2.19. The topological polar surface area (TPSA) is 114 Å². The van der Waals surface area contributed by atoms with Gasteiger partial charge >= 0.3 is 0 Å². The molecule has 98 valence electrons. The normalized spacial score (nSPS) is 10.0. The molecule has 1 aromatic heterocycles. The monoisotopic (exact) mass is 268 g/mol. The highest BCUT2D eigenvalue weighted by Crippen LogP contribution is 2.34. The van der Waals surface area contributed by atoms with Crippen LogP contribution < -0.4 is 16.8 Å². The number of carbonyl (C=O) groups excluding carboxylic acids is 1. The first-order valence-corrected chi connectivity index (χ1v) is 6.37. The number of rotatable bonds is 7. The minimum absolute atomic E-state index is 0.155. The minimum Gasteiger partial charge on any atom is -0.396 e. The number of primary amides is 1. The van der Waals surface area contributed by atoms with Gasteiger partial charge in [0.25, 0.3) is 5.91 Å². The number of nitrogens with zero attached hydrogens (tertiary/aromatic N) is 1. The lowest BCUT2D eigenvalue weighted by Gasteiger charge is -2.05. The number of anilines is 2. The van der Waals surface area contributed by atoms with Crippen LogP contribution in [0.2, 0.25) is 0 Å². The molecule has 5 N–H and O–H groups in total. The number of nitrogen functional groups attached to an aromatic ring is 1. The number of hydrogen-bond donors (Lipinski definition) is 3. The Hall–Kier alpha value is -1.78. The van der Waals surface area contributed by atoms with Crippen LogP contribution in [0.15, 0.2) is 0 Å². The molecular weight excluding hydrogens is 252 g/mol. The Balaban J connectivity index is 2.70. The number of nitrogens with one attached hydrogen (secondary N) is 1. The molecule has 0 saturated heterocycles. The molecule has 0 aliphatic rings. The second-order valence-corrected chi connectivity index (χ2v) is 4.52. The summed E-state index contributed by atoms with van der Waals surface area (Å²) in [7, 11) is 0. The maximum atomic E-state index is 11.3. The molecule has 1 aromatic rings. The Morgan fingerprint density at radius 3 is 2.89 bits per heavy atom. The van der Waals surface area contributed by atoms with Gasteiger partial charge in [0.2, 0.25) is 0 Å². The molecular formula is C11H16N4O2S. The van der Waals surface area contributed by atoms with E-state index in [2.05, 4.69) is 5.32 Å². The number of hydrogen-bond acceptors (Lipinski definition) is 6. The van der Waals surface area contributed by atoms with E-state index in [1.54, 1.807) is 0 Å². The third-order valence-corrected chi connectivity index (χ3v) is 3.32. The van der Waals surface area contributed by atoms with Gasteiger partial charge in [0.1, 0.15) is 15.9 Å². The van der Waals surface area contributed by atoms with Crippen molar-refractivity contribution in [1.29, 1.82) is 5.26 Å². The number of nitrogens with two attached hydrogens (primary N) is 2. The molecule has 0 aromatic carbocycles. The first kappa shape index (κ1) is 14.3. The Morgan fingerprint density at radius 1 is 1.61 bits per heavy atom. The molecule has 0 spiro atoms. The smallest absolute Gasteiger partial charge is 0.253 e. The van der Waals surface area contributed by atoms with Gasteiger partial charge in [0, 0.05) is 19.8 Å². The van der Waals surface area contributed by atoms with Gasteiger partial charge in [-0.3, -0.25) is 4.79 Å². The van der Waals surface area contributed by atoms with E-state index in [1.807, 2.05) is 13.0 Å². The molecule has 0 radical (unpaired) electrons. The van der Waals surface area contributed by atoms with E-state index < -0.39 is 5.91 Å². The van der Waals surface area contributed by atoms with E-state index in [1.165, 1.54) is 0 Å². The summed E-state index contributed by atoms with van der Waals surface area (Å²) in [6.45, 7) is 3.88. The van der Waals surface area contributed by atoms with E-state index in [9.17, 15) is 4.79 Å². The van der Waals surface area contributed by atoms with E-state index >= 15 is 0 Å². The van der Waals surface area contributed by atoms with E-state index in [0.717, 1.165) is 17.8 Å². The summed E-state index contributed by atoms with van der Waals surface area (Å²) >= 11 is 1.14. The summed E-state index contributed by atoms with van der Waals surface area (Å²) in [6, 6.07) is 1.94. The highest BCUT2D eigenvalue weighted by molar-refractivity contribution is 7.17. The fraction of sp³-hybridized carbons (Fsp3) is 0.455. The first-order chi connectivity index (χ1) is 8.61. The van der Waals surface area contributed by atoms with Crippen LogP contribution >= 0.6 is 11.3 Å². The standard InChI is InChI=1S/C11H16N4O2S/c1-2-17-5-3-4-15-11-8(10(14)16)9(13)7(6-12)18-11/h15H,2-5,13H2,1H3,(H2,14,16). The second-order valence-electron chi connectivity index (χ2n) is 3.50. The van der Waals surface area contributed by atoms with Crippen LogP contribution in [0.25, 0.3) is 0 Å². The molecule has 1 heterocycles. The summed E-state index contributed by atoms with van der Waals surface area (Å²) in [5.74, 6) is -0.627. The summed E-state index contributed by atoms with van der Waals surface area (Å²) in [5.41, 5.74) is 11.3. The number of amides is 1. The summed E-state index contributed by atoms with van der Waals surface area (Å²) in [4.78, 5) is 11.6. The molecule has 1 rings (SSSR count). The van der Waals surface area contributed by atoms with Crippen molar-refractivity contribution in [3.05, 3.63) is 10.4 Å². The van der Waals surface area contributed by atoms with Gasteiger partial charge in [-0.15, -0.1) is 11.3 Å². The predicted octanol–water partition coefficient (Wildman–Crippen LogP) is 1.14. The number of carbonyl (C=O) groups is 1. The van der Waals surface area contributed by atoms with Crippen LogP contribution in [-0.4, -0.2) is 25.7 Å². The van der Waals surface area contributed by atoms with E-state index in [-0.39, 0.29) is 11.3 Å². The lowest BCUT2D eigenvalue weighted by molar-refractivity contribution is 0.100. The maximum Gasteiger partial charge on any atom is 0.253 e. The van der Waals surface area contributed by atoms with Crippen LogP contribution in [0.5, 0.6) is 0 Å². The molecule has 0 unspecified atom stereocenters. The Labute approximate surface area is 110 Å². The Kier molecular flexibility index (Phi) is 5.42. The largest absolute Gasteiger partial charge is 0.396 e. The van der Waals surface area contributed by atoms with Crippen molar-refractivity contribution in [2.75, 3.05) is 30.8 Å². The van der Waals surface area contributed by atoms with Crippen molar-refractivity contribution in [1.82, 2.24) is 0 Å². The van der Waals surface area contributed by atoms with Crippen molar-refractivity contribution < 1.29 is 9.53 Å². The Morgan fingerprint density at radius 2 is 2.33 bits per heavy atom. The SMILES string of the molecule is CCOCCCNc1sc(C#N)c(N)c1C(N)=O. The molecule has 0 aliphatic carbocycles. The molecule has 0 atom stereocenters. The quantitative estimate of drug-likeness (QED) is 0.641. The average molecular weight is 268 g/mol. The molecule has 0 bridgehead atoms.